The number of halogens is 3. The standard InChI is InChI=1S/C18H19F2N3O3.ClH/c19-11-3-9(4-12(20)7-11)17-22-14-8-23(2-1-16(14)26-17)18(25)10-5-13(21)15(24)6-10;/h3-4,7,10,13,15,24H,1-2,5-6,8,21H2;1H/t10-,13-,15-;/m0./s1. The van der Waals surface area contributed by atoms with E-state index in [0.29, 0.717) is 37.3 Å². The fourth-order valence-corrected chi connectivity index (χ4v) is 3.70. The maximum atomic E-state index is 13.4. The van der Waals surface area contributed by atoms with E-state index in [4.69, 9.17) is 10.2 Å². The lowest BCUT2D eigenvalue weighted by Crippen LogP contribution is -2.39. The van der Waals surface area contributed by atoms with Crippen LogP contribution in [0.5, 0.6) is 0 Å². The summed E-state index contributed by atoms with van der Waals surface area (Å²) in [6.07, 6.45) is 0.671. The molecule has 146 valence electrons. The number of aliphatic hydroxyl groups excluding tert-OH is 1. The summed E-state index contributed by atoms with van der Waals surface area (Å²) < 4.78 is 32.5. The molecule has 4 rings (SSSR count). The van der Waals surface area contributed by atoms with Crippen LogP contribution in [0.4, 0.5) is 8.78 Å². The Hall–Kier alpha value is -2.03. The molecule has 1 fully saturated rings. The van der Waals surface area contributed by atoms with Crippen molar-refractivity contribution in [3.8, 4) is 11.5 Å². The molecule has 9 heteroatoms. The van der Waals surface area contributed by atoms with E-state index >= 15 is 0 Å². The largest absolute Gasteiger partial charge is 0.441 e. The second-order valence-corrected chi connectivity index (χ2v) is 6.96. The average molecular weight is 400 g/mol. The summed E-state index contributed by atoms with van der Waals surface area (Å²) in [5, 5.41) is 9.76. The summed E-state index contributed by atoms with van der Waals surface area (Å²) in [4.78, 5) is 18.7. The molecule has 2 aliphatic rings. The fraction of sp³-hybridized carbons (Fsp3) is 0.444. The number of fused-ring (bicyclic) bond motifs is 1. The van der Waals surface area contributed by atoms with E-state index in [1.165, 1.54) is 0 Å². The first kappa shape index (κ1) is 19.7. The van der Waals surface area contributed by atoms with Crippen LogP contribution < -0.4 is 5.73 Å². The molecule has 0 spiro atoms. The molecule has 3 N–H and O–H groups in total. The van der Waals surface area contributed by atoms with Crippen LogP contribution in [-0.4, -0.2) is 39.6 Å². The molecule has 0 unspecified atom stereocenters. The number of aromatic nitrogens is 1. The molecule has 0 saturated heterocycles. The minimum absolute atomic E-state index is 0. The molecule has 1 aliphatic carbocycles. The number of amides is 1. The van der Waals surface area contributed by atoms with Crippen LogP contribution in [-0.2, 0) is 17.8 Å². The monoisotopic (exact) mass is 399 g/mol. The molecular weight excluding hydrogens is 380 g/mol. The Morgan fingerprint density at radius 3 is 2.59 bits per heavy atom. The van der Waals surface area contributed by atoms with Crippen molar-refractivity contribution in [2.75, 3.05) is 6.54 Å². The smallest absolute Gasteiger partial charge is 0.226 e. The van der Waals surface area contributed by atoms with Crippen molar-refractivity contribution in [3.05, 3.63) is 41.3 Å². The summed E-state index contributed by atoms with van der Waals surface area (Å²) >= 11 is 0. The van der Waals surface area contributed by atoms with Gasteiger partial charge in [0.05, 0.1) is 12.6 Å². The third-order valence-electron chi connectivity index (χ3n) is 5.07. The zero-order valence-electron chi connectivity index (χ0n) is 14.4. The molecule has 0 radical (unpaired) electrons. The number of nitrogens with two attached hydrogens (primary N) is 1. The minimum Gasteiger partial charge on any atom is -0.441 e. The molecule has 27 heavy (non-hydrogen) atoms. The summed E-state index contributed by atoms with van der Waals surface area (Å²) in [5.41, 5.74) is 6.61. The maximum Gasteiger partial charge on any atom is 0.226 e. The topological polar surface area (TPSA) is 92.6 Å². The van der Waals surface area contributed by atoms with Gasteiger partial charge in [-0.25, -0.2) is 13.8 Å². The first-order valence-electron chi connectivity index (χ1n) is 8.58. The highest BCUT2D eigenvalue weighted by molar-refractivity contribution is 5.85. The fourth-order valence-electron chi connectivity index (χ4n) is 3.70. The second-order valence-electron chi connectivity index (χ2n) is 6.96. The van der Waals surface area contributed by atoms with Crippen molar-refractivity contribution in [2.45, 2.75) is 38.0 Å². The van der Waals surface area contributed by atoms with Crippen LogP contribution in [0.2, 0.25) is 0 Å². The van der Waals surface area contributed by atoms with E-state index in [2.05, 4.69) is 4.98 Å². The number of carbonyl (C=O) groups is 1. The lowest BCUT2D eigenvalue weighted by Gasteiger charge is -2.27. The molecule has 2 heterocycles. The van der Waals surface area contributed by atoms with Gasteiger partial charge in [0.2, 0.25) is 11.8 Å². The summed E-state index contributed by atoms with van der Waals surface area (Å²) in [6, 6.07) is 2.73. The third-order valence-corrected chi connectivity index (χ3v) is 5.07. The van der Waals surface area contributed by atoms with Crippen molar-refractivity contribution in [1.82, 2.24) is 9.88 Å². The van der Waals surface area contributed by atoms with Gasteiger partial charge in [0, 0.05) is 36.6 Å². The molecular formula is C18H20ClF2N3O3. The average Bonchev–Trinajstić information content (AvgIpc) is 3.16. The van der Waals surface area contributed by atoms with Gasteiger partial charge in [-0.15, -0.1) is 12.4 Å². The van der Waals surface area contributed by atoms with E-state index < -0.39 is 17.7 Å². The highest BCUT2D eigenvalue weighted by atomic mass is 35.5. The Morgan fingerprint density at radius 1 is 1.26 bits per heavy atom. The van der Waals surface area contributed by atoms with Crippen molar-refractivity contribution < 1.29 is 23.1 Å². The van der Waals surface area contributed by atoms with Gasteiger partial charge in [0.1, 0.15) is 23.1 Å². The molecule has 1 aromatic carbocycles. The Balaban J connectivity index is 0.00000210. The molecule has 1 aromatic heterocycles. The van der Waals surface area contributed by atoms with Crippen LogP contribution in [0.25, 0.3) is 11.5 Å². The SMILES string of the molecule is Cl.N[C@H]1C[C@H](C(=O)N2CCc3oc(-c4cc(F)cc(F)c4)nc3C2)C[C@@H]1O. The van der Waals surface area contributed by atoms with Gasteiger partial charge in [0.25, 0.3) is 0 Å². The van der Waals surface area contributed by atoms with Crippen LogP contribution >= 0.6 is 12.4 Å². The van der Waals surface area contributed by atoms with Gasteiger partial charge in [-0.1, -0.05) is 0 Å². The quantitative estimate of drug-likeness (QED) is 0.806. The number of carbonyl (C=O) groups excluding carboxylic acids is 1. The molecule has 6 nitrogen and oxygen atoms in total. The number of aliphatic hydroxyl groups is 1. The van der Waals surface area contributed by atoms with Gasteiger partial charge in [-0.05, 0) is 25.0 Å². The van der Waals surface area contributed by atoms with Crippen LogP contribution in [0, 0.1) is 17.6 Å². The van der Waals surface area contributed by atoms with Gasteiger partial charge in [0.15, 0.2) is 0 Å². The van der Waals surface area contributed by atoms with Gasteiger partial charge in [-0.3, -0.25) is 4.79 Å². The number of oxazole rings is 1. The van der Waals surface area contributed by atoms with Crippen LogP contribution in [0.3, 0.4) is 0 Å². The number of nitrogens with zero attached hydrogens (tertiary/aromatic N) is 2. The minimum atomic E-state index is -0.705. The molecule has 2 aromatic rings. The molecule has 1 saturated carbocycles. The second kappa shape index (κ2) is 7.53. The number of benzene rings is 1. The Kier molecular flexibility index (Phi) is 5.50. The number of rotatable bonds is 2. The van der Waals surface area contributed by atoms with E-state index in [-0.39, 0.29) is 48.3 Å². The van der Waals surface area contributed by atoms with E-state index in [9.17, 15) is 18.7 Å². The van der Waals surface area contributed by atoms with Crippen molar-refractivity contribution in [3.63, 3.8) is 0 Å². The van der Waals surface area contributed by atoms with Crippen molar-refractivity contribution in [1.29, 1.82) is 0 Å². The lowest BCUT2D eigenvalue weighted by molar-refractivity contribution is -0.136. The van der Waals surface area contributed by atoms with Gasteiger partial charge in [-0.2, -0.15) is 0 Å². The Labute approximate surface area is 160 Å². The molecule has 3 atom stereocenters. The van der Waals surface area contributed by atoms with E-state index in [1.54, 1.807) is 4.90 Å². The first-order valence-corrected chi connectivity index (χ1v) is 8.58. The summed E-state index contributed by atoms with van der Waals surface area (Å²) in [5.74, 6) is -0.986. The van der Waals surface area contributed by atoms with Crippen molar-refractivity contribution in [2.24, 2.45) is 11.7 Å². The predicted octanol–water partition coefficient (Wildman–Crippen LogP) is 2.02. The van der Waals surface area contributed by atoms with Gasteiger partial charge < -0.3 is 20.2 Å². The summed E-state index contributed by atoms with van der Waals surface area (Å²) in [6.45, 7) is 0.747. The summed E-state index contributed by atoms with van der Waals surface area (Å²) in [7, 11) is 0. The first-order chi connectivity index (χ1) is 12.4. The van der Waals surface area contributed by atoms with Crippen LogP contribution in [0.15, 0.2) is 22.6 Å². The van der Waals surface area contributed by atoms with E-state index in [1.807, 2.05) is 0 Å². The zero-order valence-corrected chi connectivity index (χ0v) is 15.2. The van der Waals surface area contributed by atoms with Crippen molar-refractivity contribution >= 4 is 18.3 Å². The predicted molar refractivity (Wildman–Crippen MR) is 94.9 cm³/mol. The third kappa shape index (κ3) is 3.83. The number of hydrogen-bond acceptors (Lipinski definition) is 5. The molecule has 1 amide bonds. The maximum absolute atomic E-state index is 13.4. The van der Waals surface area contributed by atoms with Gasteiger partial charge >= 0.3 is 0 Å². The number of hydrogen-bond donors (Lipinski definition) is 2. The molecule has 1 aliphatic heterocycles. The Morgan fingerprint density at radius 2 is 1.96 bits per heavy atom. The van der Waals surface area contributed by atoms with E-state index in [0.717, 1.165) is 18.2 Å². The highest BCUT2D eigenvalue weighted by Gasteiger charge is 2.38. The molecule has 0 bridgehead atoms. The van der Waals surface area contributed by atoms with Crippen LogP contribution in [0.1, 0.15) is 24.3 Å². The zero-order chi connectivity index (χ0) is 18.4. The Bertz CT molecular complexity index is 830. The highest BCUT2D eigenvalue weighted by Crippen LogP contribution is 2.31. The lowest BCUT2D eigenvalue weighted by atomic mass is 10.0. The normalized spacial score (nSPS) is 24.4.